The highest BCUT2D eigenvalue weighted by Gasteiger charge is 2.85. The molecule has 19 heteroatoms. The Balaban J connectivity index is 1.18. The van der Waals surface area contributed by atoms with E-state index in [1.54, 1.807) is 41.6 Å². The third-order valence-corrected chi connectivity index (χ3v) is 13.0. The third-order valence-electron chi connectivity index (χ3n) is 13.0. The Morgan fingerprint density at radius 1 is 0.932 bits per heavy atom. The van der Waals surface area contributed by atoms with Crippen LogP contribution < -0.4 is 19.5 Å². The highest BCUT2D eigenvalue weighted by atomic mass is 19.4. The van der Waals surface area contributed by atoms with Gasteiger partial charge in [-0.2, -0.15) is 58.4 Å². The lowest BCUT2D eigenvalue weighted by molar-refractivity contribution is -0.667. The van der Waals surface area contributed by atoms with Crippen molar-refractivity contribution in [2.24, 2.45) is 7.05 Å². The van der Waals surface area contributed by atoms with Gasteiger partial charge in [-0.3, -0.25) is 4.90 Å². The molecule has 8 rings (SSSR count). The van der Waals surface area contributed by atoms with E-state index in [0.717, 1.165) is 12.1 Å². The first-order chi connectivity index (χ1) is 27.7. The van der Waals surface area contributed by atoms with Crippen LogP contribution >= 0.6 is 0 Å². The summed E-state index contributed by atoms with van der Waals surface area (Å²) < 4.78 is 168. The summed E-state index contributed by atoms with van der Waals surface area (Å²) in [5.74, 6) is -0.730. The number of nitrogens with zero attached hydrogens (tertiary/aromatic N) is 5. The van der Waals surface area contributed by atoms with E-state index in [9.17, 15) is 39.5 Å². The van der Waals surface area contributed by atoms with Gasteiger partial charge in [0.2, 0.25) is 5.82 Å². The zero-order valence-electron chi connectivity index (χ0n) is 32.3. The molecule has 4 aliphatic heterocycles. The van der Waals surface area contributed by atoms with Crippen LogP contribution in [0, 0.1) is 18.6 Å². The lowest BCUT2D eigenvalue weighted by Gasteiger charge is -2.40. The molecular weight excluding hydrogens is 805 g/mol. The zero-order chi connectivity index (χ0) is 42.4. The van der Waals surface area contributed by atoms with Crippen LogP contribution in [-0.4, -0.2) is 95.5 Å². The van der Waals surface area contributed by atoms with Crippen molar-refractivity contribution in [3.05, 3.63) is 53.2 Å². The van der Waals surface area contributed by atoms with Crippen LogP contribution in [0.15, 0.2) is 30.3 Å². The number of benzene rings is 2. The highest BCUT2D eigenvalue weighted by Crippen LogP contribution is 2.55. The van der Waals surface area contributed by atoms with Crippen molar-refractivity contribution in [2.75, 3.05) is 37.7 Å². The minimum atomic E-state index is -6.84. The molecule has 6 heterocycles. The fourth-order valence-electron chi connectivity index (χ4n) is 9.91. The molecule has 0 spiro atoms. The summed E-state index contributed by atoms with van der Waals surface area (Å²) in [4.78, 5) is 13.2. The van der Waals surface area contributed by atoms with E-state index >= 15 is 8.78 Å². The summed E-state index contributed by atoms with van der Waals surface area (Å²) >= 11 is 0. The minimum absolute atomic E-state index is 0.0479. The lowest BCUT2D eigenvalue weighted by Crippen LogP contribution is -2.68. The molecule has 0 unspecified atom stereocenters. The first-order valence-corrected chi connectivity index (χ1v) is 19.6. The zero-order valence-corrected chi connectivity index (χ0v) is 32.3. The number of rotatable bonds is 8. The maximum Gasteiger partial charge on any atom is 0.435 e. The van der Waals surface area contributed by atoms with Gasteiger partial charge in [0.05, 0.1) is 17.7 Å². The van der Waals surface area contributed by atoms with Crippen LogP contribution in [-0.2, 0) is 18.2 Å². The maximum atomic E-state index is 17.5. The number of pyridine rings is 1. The van der Waals surface area contributed by atoms with E-state index in [0.29, 0.717) is 71.9 Å². The molecule has 0 amide bonds. The summed E-state index contributed by atoms with van der Waals surface area (Å²) in [6, 6.07) is 6.86. The fourth-order valence-corrected chi connectivity index (χ4v) is 9.91. The van der Waals surface area contributed by atoms with Gasteiger partial charge in [0.25, 0.3) is 5.69 Å². The smallest absolute Gasteiger partial charge is 0.435 e. The molecule has 8 nitrogen and oxygen atoms in total. The predicted octanol–water partition coefficient (Wildman–Crippen LogP) is 8.18. The molecule has 0 aliphatic carbocycles. The van der Waals surface area contributed by atoms with Crippen LogP contribution in [0.2, 0.25) is 0 Å². The molecular formula is C40H42F11N6O2+. The second kappa shape index (κ2) is 14.5. The monoisotopic (exact) mass is 847 g/mol. The number of piperazine rings is 1. The van der Waals surface area contributed by atoms with E-state index in [4.69, 9.17) is 9.72 Å². The van der Waals surface area contributed by atoms with E-state index < -0.39 is 54.0 Å². The summed E-state index contributed by atoms with van der Waals surface area (Å²) in [5.41, 5.74) is -5.73. The van der Waals surface area contributed by atoms with Crippen molar-refractivity contribution in [1.29, 1.82) is 0 Å². The molecule has 2 aromatic carbocycles. The number of aromatic nitrogens is 3. The van der Waals surface area contributed by atoms with Crippen LogP contribution in [0.25, 0.3) is 32.9 Å². The van der Waals surface area contributed by atoms with E-state index in [1.165, 1.54) is 6.07 Å². The fraction of sp³-hybridized carbons (Fsp3) is 0.575. The first kappa shape index (κ1) is 41.6. The van der Waals surface area contributed by atoms with Crippen molar-refractivity contribution >= 4 is 27.5 Å². The highest BCUT2D eigenvalue weighted by molar-refractivity contribution is 6.00. The summed E-state index contributed by atoms with van der Waals surface area (Å²) in [7, 11) is 1.75. The number of anilines is 1. The molecule has 2 aromatic heterocycles. The van der Waals surface area contributed by atoms with Crippen LogP contribution in [0.4, 0.5) is 54.1 Å². The van der Waals surface area contributed by atoms with Crippen LogP contribution in [0.5, 0.6) is 6.01 Å². The molecule has 4 atom stereocenters. The number of hydrogen-bond donors (Lipinski definition) is 1. The second-order valence-corrected chi connectivity index (χ2v) is 16.1. The molecule has 0 saturated carbocycles. The lowest BCUT2D eigenvalue weighted by atomic mass is 9.95. The third kappa shape index (κ3) is 6.55. The molecule has 0 bridgehead atoms. The average molecular weight is 848 g/mol. The summed E-state index contributed by atoms with van der Waals surface area (Å²) in [6.45, 7) is 3.25. The van der Waals surface area contributed by atoms with Crippen molar-refractivity contribution < 1.29 is 62.3 Å². The molecule has 59 heavy (non-hydrogen) atoms. The summed E-state index contributed by atoms with van der Waals surface area (Å²) in [6.07, 6.45) is -17.6. The Bertz CT molecular complexity index is 2250. The van der Waals surface area contributed by atoms with Crippen molar-refractivity contribution in [3.8, 4) is 17.3 Å². The van der Waals surface area contributed by atoms with Gasteiger partial charge in [-0.15, -0.1) is 0 Å². The Morgan fingerprint density at radius 2 is 1.66 bits per heavy atom. The minimum Gasteiger partial charge on any atom is -0.461 e. The largest absolute Gasteiger partial charge is 0.461 e. The van der Waals surface area contributed by atoms with Crippen molar-refractivity contribution in [3.63, 3.8) is 0 Å². The quantitative estimate of drug-likeness (QED) is 0.142. The Hall–Kier alpha value is -4.10. The van der Waals surface area contributed by atoms with E-state index in [2.05, 4.69) is 19.9 Å². The number of fused-ring (bicyclic) bond motifs is 4. The van der Waals surface area contributed by atoms with Gasteiger partial charge in [0.1, 0.15) is 30.4 Å². The van der Waals surface area contributed by atoms with Gasteiger partial charge < -0.3 is 19.7 Å². The Kier molecular flexibility index (Phi) is 10.2. The average Bonchev–Trinajstić information content (AvgIpc) is 3.68. The number of halogens is 11. The number of alkyl halides is 9. The Morgan fingerprint density at radius 3 is 2.36 bits per heavy atom. The molecule has 0 radical (unpaired) electrons. The van der Waals surface area contributed by atoms with Gasteiger partial charge in [-0.05, 0) is 75.1 Å². The van der Waals surface area contributed by atoms with Crippen LogP contribution in [0.3, 0.4) is 0 Å². The number of hydrogen-bond acceptors (Lipinski definition) is 7. The molecule has 4 aliphatic rings. The first-order valence-electron chi connectivity index (χ1n) is 19.6. The SMILES string of the molecule is CC[C@@H]1CN2c3nc(OC[C@@]45CCCN4[C@H](COC(C(F)(F)F)(C(F)(F)F)C(F)(F)F)CC5)nc4c(F)c(-c5cccc6ccc(F)c(C)c56)[n+](C)c(c34)CC[C@@H]2CN1. The molecule has 3 saturated heterocycles. The molecule has 4 aromatic rings. The van der Waals surface area contributed by atoms with Crippen molar-refractivity contribution in [2.45, 2.75) is 107 Å². The normalized spacial score (nSPS) is 24.2. The van der Waals surface area contributed by atoms with Crippen LogP contribution in [0.1, 0.15) is 56.7 Å². The molecule has 1 N–H and O–H groups in total. The van der Waals surface area contributed by atoms with Gasteiger partial charge >= 0.3 is 30.1 Å². The standard InChI is InChI=1S/C40H42F11N6O2/c1-4-23-18-56-24(17-52-23)10-12-28-30-32(31(42)33(55(28)3)26-8-5-7-22-9-11-27(41)21(2)29(22)26)53-35(54-34(30)56)58-20-36-14-6-16-57(36)25(13-15-36)19-59-37(38(43,44)45,39(46,47)48)40(49,50)51/h5,7-9,11,23-25,52H,4,6,10,12-20H2,1-3H3/q+1/t23-,24-,25+,36+/m1/s1. The topological polar surface area (TPSA) is 66.6 Å². The predicted molar refractivity (Wildman–Crippen MR) is 194 cm³/mol. The second-order valence-electron chi connectivity index (χ2n) is 16.1. The number of nitrogens with one attached hydrogen (secondary N) is 1. The van der Waals surface area contributed by atoms with Gasteiger partial charge in [0, 0.05) is 43.0 Å². The van der Waals surface area contributed by atoms with Crippen molar-refractivity contribution in [1.82, 2.24) is 20.2 Å². The van der Waals surface area contributed by atoms with Gasteiger partial charge in [-0.25, -0.2) is 4.39 Å². The number of aryl methyl sites for hydroxylation is 2. The van der Waals surface area contributed by atoms with E-state index in [1.807, 2.05) is 13.0 Å². The van der Waals surface area contributed by atoms with E-state index in [-0.39, 0.29) is 55.3 Å². The van der Waals surface area contributed by atoms with Gasteiger partial charge in [0.15, 0.2) is 11.5 Å². The molecule has 320 valence electrons. The summed E-state index contributed by atoms with van der Waals surface area (Å²) in [5, 5.41) is 5.27. The Labute approximate surface area is 331 Å². The molecule has 3 fully saturated rings. The maximum absolute atomic E-state index is 17.5. The number of ether oxygens (including phenoxy) is 2. The van der Waals surface area contributed by atoms with Gasteiger partial charge in [-0.1, -0.05) is 25.1 Å².